The molecule has 0 fully saturated rings. The van der Waals surface area contributed by atoms with E-state index in [-0.39, 0.29) is 6.54 Å². The number of halogens is 3. The summed E-state index contributed by atoms with van der Waals surface area (Å²) in [6.07, 6.45) is 0.955. The van der Waals surface area contributed by atoms with E-state index in [0.717, 1.165) is 10.9 Å². The lowest BCUT2D eigenvalue weighted by molar-refractivity contribution is -0.392. The standard InChI is InChI=1S/C10H6BrClFN3O4S/c11-8-3-7(13)2-1-6(8)4-15-5-9(21(12,19)20)10(14-15)16(17)18/h1-3,5H,4H2. The molecule has 2 rings (SSSR count). The van der Waals surface area contributed by atoms with E-state index in [0.29, 0.717) is 10.0 Å². The fourth-order valence-electron chi connectivity index (χ4n) is 1.60. The van der Waals surface area contributed by atoms with Crippen molar-refractivity contribution in [2.75, 3.05) is 0 Å². The van der Waals surface area contributed by atoms with Gasteiger partial charge in [-0.2, -0.15) is 4.68 Å². The van der Waals surface area contributed by atoms with E-state index in [1.54, 1.807) is 0 Å². The summed E-state index contributed by atoms with van der Waals surface area (Å²) >= 11 is 3.14. The fourth-order valence-corrected chi connectivity index (χ4v) is 2.98. The van der Waals surface area contributed by atoms with Gasteiger partial charge in [-0.3, -0.25) is 0 Å². The molecule has 7 nitrogen and oxygen atoms in total. The molecule has 0 aliphatic heterocycles. The van der Waals surface area contributed by atoms with Gasteiger partial charge in [0.05, 0.1) is 17.8 Å². The molecule has 11 heteroatoms. The zero-order chi connectivity index (χ0) is 15.8. The number of aromatic nitrogens is 2. The van der Waals surface area contributed by atoms with Crippen molar-refractivity contribution in [3.05, 3.63) is 50.4 Å². The smallest absolute Gasteiger partial charge is 0.358 e. The summed E-state index contributed by atoms with van der Waals surface area (Å²) in [5.41, 5.74) is 0.562. The minimum absolute atomic E-state index is 0.00805. The Morgan fingerprint density at radius 3 is 2.62 bits per heavy atom. The van der Waals surface area contributed by atoms with Gasteiger partial charge in [0, 0.05) is 15.2 Å². The third-order valence-electron chi connectivity index (χ3n) is 2.49. The highest BCUT2D eigenvalue weighted by molar-refractivity contribution is 9.10. The van der Waals surface area contributed by atoms with Crippen LogP contribution < -0.4 is 0 Å². The van der Waals surface area contributed by atoms with Gasteiger partial charge in [-0.25, -0.2) is 12.8 Å². The third-order valence-corrected chi connectivity index (χ3v) is 4.54. The molecule has 112 valence electrons. The maximum Gasteiger partial charge on any atom is 0.410 e. The van der Waals surface area contributed by atoms with Gasteiger partial charge < -0.3 is 10.1 Å². The van der Waals surface area contributed by atoms with E-state index in [9.17, 15) is 22.9 Å². The summed E-state index contributed by atoms with van der Waals surface area (Å²) in [7, 11) is 0.840. The van der Waals surface area contributed by atoms with Crippen molar-refractivity contribution in [1.82, 2.24) is 9.78 Å². The van der Waals surface area contributed by atoms with Crippen molar-refractivity contribution in [1.29, 1.82) is 0 Å². The first-order valence-corrected chi connectivity index (χ1v) is 8.39. The Morgan fingerprint density at radius 1 is 1.48 bits per heavy atom. The monoisotopic (exact) mass is 397 g/mol. The SMILES string of the molecule is O=[N+]([O-])c1nn(Cc2ccc(F)cc2Br)cc1S(=O)(=O)Cl. The zero-order valence-corrected chi connectivity index (χ0v) is 13.2. The minimum Gasteiger partial charge on any atom is -0.358 e. The Labute approximate surface area is 131 Å². The van der Waals surface area contributed by atoms with Gasteiger partial charge in [0.1, 0.15) is 5.82 Å². The van der Waals surface area contributed by atoms with Gasteiger partial charge in [-0.1, -0.05) is 22.0 Å². The van der Waals surface area contributed by atoms with Crippen LogP contribution in [0.5, 0.6) is 0 Å². The molecule has 0 saturated carbocycles. The summed E-state index contributed by atoms with van der Waals surface area (Å²) in [6, 6.07) is 3.87. The summed E-state index contributed by atoms with van der Waals surface area (Å²) in [4.78, 5) is 9.17. The number of rotatable bonds is 4. The highest BCUT2D eigenvalue weighted by atomic mass is 79.9. The third kappa shape index (κ3) is 3.57. The van der Waals surface area contributed by atoms with E-state index < -0.39 is 30.5 Å². The van der Waals surface area contributed by atoms with Crippen LogP contribution in [0.15, 0.2) is 33.8 Å². The maximum absolute atomic E-state index is 13.0. The first kappa shape index (κ1) is 15.9. The van der Waals surface area contributed by atoms with Crippen LogP contribution in [0.2, 0.25) is 0 Å². The van der Waals surface area contributed by atoms with Crippen molar-refractivity contribution >= 4 is 41.5 Å². The van der Waals surface area contributed by atoms with Gasteiger partial charge in [-0.15, -0.1) is 0 Å². The average Bonchev–Trinajstić information content (AvgIpc) is 2.77. The largest absolute Gasteiger partial charge is 0.410 e. The summed E-state index contributed by atoms with van der Waals surface area (Å²) < 4.78 is 37.0. The van der Waals surface area contributed by atoms with Crippen LogP contribution in [0.3, 0.4) is 0 Å². The minimum atomic E-state index is -4.29. The summed E-state index contributed by atoms with van der Waals surface area (Å²) in [5.74, 6) is -1.32. The molecule has 0 saturated heterocycles. The van der Waals surface area contributed by atoms with Crippen molar-refractivity contribution < 1.29 is 17.7 Å². The Bertz CT molecular complexity index is 824. The molecule has 0 aliphatic carbocycles. The van der Waals surface area contributed by atoms with Crippen LogP contribution in [0, 0.1) is 15.9 Å². The van der Waals surface area contributed by atoms with Gasteiger partial charge >= 0.3 is 5.82 Å². The normalized spacial score (nSPS) is 11.6. The number of nitrogens with zero attached hydrogens (tertiary/aromatic N) is 3. The molecular weight excluding hydrogens is 393 g/mol. The summed E-state index contributed by atoms with van der Waals surface area (Å²) in [6.45, 7) is 0.00805. The fraction of sp³-hybridized carbons (Fsp3) is 0.100. The number of hydrogen-bond donors (Lipinski definition) is 0. The van der Waals surface area contributed by atoms with Crippen molar-refractivity contribution in [3.63, 3.8) is 0 Å². The van der Waals surface area contributed by atoms with Crippen LogP contribution in [-0.2, 0) is 15.6 Å². The van der Waals surface area contributed by atoms with E-state index in [1.807, 2.05) is 0 Å². The van der Waals surface area contributed by atoms with Gasteiger partial charge in [0.15, 0.2) is 0 Å². The van der Waals surface area contributed by atoms with Crippen molar-refractivity contribution in [2.24, 2.45) is 0 Å². The van der Waals surface area contributed by atoms with E-state index in [2.05, 4.69) is 21.0 Å². The lowest BCUT2D eigenvalue weighted by atomic mass is 10.2. The molecule has 0 atom stereocenters. The van der Waals surface area contributed by atoms with E-state index in [1.165, 1.54) is 18.2 Å². The molecule has 21 heavy (non-hydrogen) atoms. The maximum atomic E-state index is 13.0. The molecule has 1 aromatic heterocycles. The van der Waals surface area contributed by atoms with E-state index >= 15 is 0 Å². The van der Waals surface area contributed by atoms with E-state index in [4.69, 9.17) is 10.7 Å². The van der Waals surface area contributed by atoms with Gasteiger partial charge in [-0.05, 0) is 22.6 Å². The molecule has 0 radical (unpaired) electrons. The van der Waals surface area contributed by atoms with Crippen LogP contribution >= 0.6 is 26.6 Å². The molecule has 1 aromatic carbocycles. The van der Waals surface area contributed by atoms with Crippen LogP contribution in [-0.4, -0.2) is 23.1 Å². The number of nitro groups is 1. The molecule has 2 aromatic rings. The lowest BCUT2D eigenvalue weighted by Crippen LogP contribution is -2.02. The molecule has 0 spiro atoms. The van der Waals surface area contributed by atoms with Crippen molar-refractivity contribution in [2.45, 2.75) is 11.4 Å². The second kappa shape index (κ2) is 5.70. The molecular formula is C10H6BrClFN3O4S. The Balaban J connectivity index is 2.44. The topological polar surface area (TPSA) is 95.1 Å². The molecule has 1 heterocycles. The van der Waals surface area contributed by atoms with Crippen molar-refractivity contribution in [3.8, 4) is 0 Å². The Kier molecular flexibility index (Phi) is 4.30. The predicted octanol–water partition coefficient (Wildman–Crippen LogP) is 2.67. The van der Waals surface area contributed by atoms with Crippen LogP contribution in [0.4, 0.5) is 10.2 Å². The van der Waals surface area contributed by atoms with Gasteiger partial charge in [0.2, 0.25) is 4.90 Å². The van der Waals surface area contributed by atoms with Crippen LogP contribution in [0.1, 0.15) is 5.56 Å². The molecule has 0 unspecified atom stereocenters. The molecule has 0 aliphatic rings. The summed E-state index contributed by atoms with van der Waals surface area (Å²) in [5, 5.41) is 14.4. The molecule has 0 amide bonds. The zero-order valence-electron chi connectivity index (χ0n) is 10.0. The van der Waals surface area contributed by atoms with Gasteiger partial charge in [0.25, 0.3) is 9.05 Å². The average molecular weight is 399 g/mol. The number of hydrogen-bond acceptors (Lipinski definition) is 5. The molecule has 0 N–H and O–H groups in total. The predicted molar refractivity (Wildman–Crippen MR) is 75.1 cm³/mol. The first-order chi connectivity index (χ1) is 9.68. The lowest BCUT2D eigenvalue weighted by Gasteiger charge is -2.02. The Hall–Kier alpha value is -1.52. The second-order valence-corrected chi connectivity index (χ2v) is 7.33. The van der Waals surface area contributed by atoms with Crippen LogP contribution in [0.25, 0.3) is 0 Å². The second-order valence-electron chi connectivity index (χ2n) is 3.95. The molecule has 0 bridgehead atoms. The highest BCUT2D eigenvalue weighted by Crippen LogP contribution is 2.26. The first-order valence-electron chi connectivity index (χ1n) is 5.29. The number of benzene rings is 1. The Morgan fingerprint density at radius 2 is 2.14 bits per heavy atom. The quantitative estimate of drug-likeness (QED) is 0.448. The highest BCUT2D eigenvalue weighted by Gasteiger charge is 2.30.